The highest BCUT2D eigenvalue weighted by molar-refractivity contribution is 7.98. The Kier molecular flexibility index (Phi) is 6.63. The number of imidazole rings is 1. The van der Waals surface area contributed by atoms with Gasteiger partial charge >= 0.3 is 0 Å². The number of carbonyl (C=O) groups excluding carboxylic acids is 1. The average Bonchev–Trinajstić information content (AvgIpc) is 3.32. The zero-order valence-corrected chi connectivity index (χ0v) is 19.0. The lowest BCUT2D eigenvalue weighted by atomic mass is 10.1. The lowest BCUT2D eigenvalue weighted by Gasteiger charge is -2.38. The van der Waals surface area contributed by atoms with E-state index >= 15 is 0 Å². The van der Waals surface area contributed by atoms with Crippen molar-refractivity contribution in [3.63, 3.8) is 0 Å². The number of piperazine rings is 1. The number of ether oxygens (including phenoxy) is 1. The van der Waals surface area contributed by atoms with Crippen molar-refractivity contribution < 1.29 is 9.53 Å². The Hall–Kier alpha value is -2.77. The van der Waals surface area contributed by atoms with Crippen molar-refractivity contribution in [1.82, 2.24) is 19.4 Å². The van der Waals surface area contributed by atoms with Gasteiger partial charge in [-0.2, -0.15) is 0 Å². The van der Waals surface area contributed by atoms with Crippen LogP contribution in [0.25, 0.3) is 5.69 Å². The fourth-order valence-corrected chi connectivity index (χ4v) is 4.56. The number of nitrogens with zero attached hydrogens (tertiary/aromatic N) is 4. The van der Waals surface area contributed by atoms with E-state index in [2.05, 4.69) is 28.9 Å². The Bertz CT molecular complexity index is 1040. The number of methoxy groups -OCH3 is 1. The molecule has 1 aliphatic heterocycles. The molecule has 1 unspecified atom stereocenters. The predicted molar refractivity (Wildman–Crippen MR) is 124 cm³/mol. The summed E-state index contributed by atoms with van der Waals surface area (Å²) in [6.07, 6.45) is 5.71. The van der Waals surface area contributed by atoms with Crippen LogP contribution in [0.4, 0.5) is 0 Å². The third kappa shape index (κ3) is 4.62. The topological polar surface area (TPSA) is 50.6 Å². The summed E-state index contributed by atoms with van der Waals surface area (Å²) in [7, 11) is 1.69. The summed E-state index contributed by atoms with van der Waals surface area (Å²) in [4.78, 5) is 21.9. The van der Waals surface area contributed by atoms with Crippen molar-refractivity contribution in [2.24, 2.45) is 0 Å². The van der Waals surface area contributed by atoms with Gasteiger partial charge in [0.25, 0.3) is 5.91 Å². The minimum Gasteiger partial charge on any atom is -0.497 e. The lowest BCUT2D eigenvalue weighted by Crippen LogP contribution is -2.49. The first kappa shape index (κ1) is 21.5. The van der Waals surface area contributed by atoms with E-state index in [-0.39, 0.29) is 11.9 Å². The minimum absolute atomic E-state index is 0.0846. The molecular weight excluding hydrogens is 408 g/mol. The van der Waals surface area contributed by atoms with Crippen molar-refractivity contribution in [2.75, 3.05) is 39.5 Å². The first-order valence-corrected chi connectivity index (χ1v) is 11.7. The second-order valence-electron chi connectivity index (χ2n) is 7.62. The van der Waals surface area contributed by atoms with Gasteiger partial charge in [-0.25, -0.2) is 4.98 Å². The van der Waals surface area contributed by atoms with E-state index in [0.717, 1.165) is 42.8 Å². The van der Waals surface area contributed by atoms with Crippen LogP contribution in [0.1, 0.15) is 28.9 Å². The molecule has 6 nitrogen and oxygen atoms in total. The first-order valence-electron chi connectivity index (χ1n) is 10.5. The van der Waals surface area contributed by atoms with Gasteiger partial charge in [-0.15, -0.1) is 0 Å². The van der Waals surface area contributed by atoms with E-state index in [4.69, 9.17) is 4.74 Å². The molecule has 1 atom stereocenters. The van der Waals surface area contributed by atoms with Gasteiger partial charge in [-0.1, -0.05) is 30.0 Å². The fraction of sp³-hybridized carbons (Fsp3) is 0.333. The minimum atomic E-state index is 0.0846. The molecule has 1 amide bonds. The monoisotopic (exact) mass is 436 g/mol. The normalized spacial score (nSPS) is 15.6. The lowest BCUT2D eigenvalue weighted by molar-refractivity contribution is 0.0582. The average molecular weight is 437 g/mol. The summed E-state index contributed by atoms with van der Waals surface area (Å²) in [5, 5.41) is 0.907. The van der Waals surface area contributed by atoms with Gasteiger partial charge in [0.15, 0.2) is 5.16 Å². The summed E-state index contributed by atoms with van der Waals surface area (Å²) in [5.41, 5.74) is 2.90. The largest absolute Gasteiger partial charge is 0.497 e. The number of thioether (sulfide) groups is 1. The Morgan fingerprint density at radius 2 is 1.87 bits per heavy atom. The maximum absolute atomic E-state index is 13.2. The molecule has 2 aromatic carbocycles. The Morgan fingerprint density at radius 1 is 1.10 bits per heavy atom. The number of aromatic nitrogens is 2. The van der Waals surface area contributed by atoms with Crippen LogP contribution >= 0.6 is 11.8 Å². The Balaban J connectivity index is 1.42. The predicted octanol–water partition coefficient (Wildman–Crippen LogP) is 4.12. The third-order valence-corrected chi connectivity index (χ3v) is 6.55. The molecule has 2 heterocycles. The number of rotatable bonds is 6. The number of carbonyl (C=O) groups is 1. The molecule has 1 aromatic heterocycles. The number of amides is 1. The molecule has 4 rings (SSSR count). The molecule has 3 aromatic rings. The van der Waals surface area contributed by atoms with Crippen molar-refractivity contribution in [2.45, 2.75) is 18.1 Å². The molecule has 0 N–H and O–H groups in total. The van der Waals surface area contributed by atoms with Crippen LogP contribution in [0.15, 0.2) is 66.1 Å². The molecule has 0 spiro atoms. The second kappa shape index (κ2) is 9.58. The molecule has 0 saturated carbocycles. The van der Waals surface area contributed by atoms with Crippen molar-refractivity contribution in [3.8, 4) is 11.4 Å². The molecule has 0 bridgehead atoms. The standard InChI is InChI=1S/C24H28N4O2S/c1-18(19-6-5-9-22(17-19)30-2)26-12-14-27(15-13-26)23(29)20-7-4-8-21(16-20)28-11-10-25-24(28)31-3/h4-11,16-18H,12-15H2,1-3H3. The zero-order valence-electron chi connectivity index (χ0n) is 18.2. The van der Waals surface area contributed by atoms with Crippen LogP contribution < -0.4 is 4.74 Å². The second-order valence-corrected chi connectivity index (χ2v) is 8.39. The van der Waals surface area contributed by atoms with E-state index in [0.29, 0.717) is 5.56 Å². The molecule has 0 aliphatic carbocycles. The van der Waals surface area contributed by atoms with Crippen molar-refractivity contribution in [1.29, 1.82) is 0 Å². The highest BCUT2D eigenvalue weighted by Gasteiger charge is 2.25. The molecule has 31 heavy (non-hydrogen) atoms. The molecule has 7 heteroatoms. The van der Waals surface area contributed by atoms with Crippen LogP contribution in [0.2, 0.25) is 0 Å². The quantitative estimate of drug-likeness (QED) is 0.544. The summed E-state index contributed by atoms with van der Waals surface area (Å²) >= 11 is 1.59. The molecule has 0 radical (unpaired) electrons. The highest BCUT2D eigenvalue weighted by atomic mass is 32.2. The molecule has 1 saturated heterocycles. The van der Waals surface area contributed by atoms with Gasteiger partial charge in [-0.05, 0) is 49.1 Å². The van der Waals surface area contributed by atoms with Crippen LogP contribution in [0, 0.1) is 0 Å². The number of hydrogen-bond acceptors (Lipinski definition) is 5. The van der Waals surface area contributed by atoms with E-state index < -0.39 is 0 Å². The SMILES string of the molecule is COc1cccc(C(C)N2CCN(C(=O)c3cccc(-n4ccnc4SC)c3)CC2)c1. The fourth-order valence-electron chi connectivity index (χ4n) is 4.03. The summed E-state index contributed by atoms with van der Waals surface area (Å²) in [5.74, 6) is 0.960. The summed E-state index contributed by atoms with van der Waals surface area (Å²) in [6.45, 7) is 5.35. The van der Waals surface area contributed by atoms with E-state index in [1.165, 1.54) is 5.56 Å². The van der Waals surface area contributed by atoms with Crippen LogP contribution in [0.3, 0.4) is 0 Å². The van der Waals surface area contributed by atoms with Crippen molar-refractivity contribution >= 4 is 17.7 Å². The van der Waals surface area contributed by atoms with Crippen molar-refractivity contribution in [3.05, 3.63) is 72.1 Å². The smallest absolute Gasteiger partial charge is 0.254 e. The number of hydrogen-bond donors (Lipinski definition) is 0. The maximum Gasteiger partial charge on any atom is 0.254 e. The van der Waals surface area contributed by atoms with E-state index in [9.17, 15) is 4.79 Å². The van der Waals surface area contributed by atoms with Gasteiger partial charge in [0, 0.05) is 55.9 Å². The Morgan fingerprint density at radius 3 is 2.61 bits per heavy atom. The zero-order chi connectivity index (χ0) is 21.8. The van der Waals surface area contributed by atoms with Crippen LogP contribution in [-0.4, -0.2) is 64.8 Å². The van der Waals surface area contributed by atoms with Gasteiger partial charge in [0.1, 0.15) is 5.75 Å². The van der Waals surface area contributed by atoms with Gasteiger partial charge in [0.05, 0.1) is 7.11 Å². The van der Waals surface area contributed by atoms with E-state index in [1.54, 1.807) is 25.1 Å². The van der Waals surface area contributed by atoms with Crippen LogP contribution in [0.5, 0.6) is 5.75 Å². The van der Waals surface area contributed by atoms with Gasteiger partial charge < -0.3 is 9.64 Å². The molecule has 162 valence electrons. The maximum atomic E-state index is 13.2. The molecule has 1 aliphatic rings. The van der Waals surface area contributed by atoms with E-state index in [1.807, 2.05) is 58.3 Å². The Labute approximate surface area is 187 Å². The summed E-state index contributed by atoms with van der Waals surface area (Å²) in [6, 6.07) is 16.3. The number of benzene rings is 2. The molecular formula is C24H28N4O2S. The summed E-state index contributed by atoms with van der Waals surface area (Å²) < 4.78 is 7.37. The third-order valence-electron chi connectivity index (χ3n) is 5.89. The first-order chi connectivity index (χ1) is 15.1. The van der Waals surface area contributed by atoms with Gasteiger partial charge in [0.2, 0.25) is 0 Å². The van der Waals surface area contributed by atoms with Crippen LogP contribution in [-0.2, 0) is 0 Å². The van der Waals surface area contributed by atoms with Gasteiger partial charge in [-0.3, -0.25) is 14.3 Å². The molecule has 1 fully saturated rings. The highest BCUT2D eigenvalue weighted by Crippen LogP contribution is 2.25.